The Hall–Kier alpha value is -6.10. The number of rotatable bonds is 3. The van der Waals surface area contributed by atoms with Crippen LogP contribution in [0.5, 0.6) is 0 Å². The first kappa shape index (κ1) is 23.8. The van der Waals surface area contributed by atoms with Crippen LogP contribution in [0.15, 0.2) is 133 Å². The predicted molar refractivity (Wildman–Crippen MR) is 172 cm³/mol. The molecule has 0 aliphatic rings. The molecule has 8 rings (SSSR count). The van der Waals surface area contributed by atoms with Gasteiger partial charge in [-0.2, -0.15) is 5.26 Å². The van der Waals surface area contributed by atoms with Crippen molar-refractivity contribution in [2.75, 3.05) is 0 Å². The summed E-state index contributed by atoms with van der Waals surface area (Å²) in [5.41, 5.74) is 9.13. The van der Waals surface area contributed by atoms with Gasteiger partial charge in [-0.05, 0) is 54.1 Å². The molecule has 2 aromatic heterocycles. The van der Waals surface area contributed by atoms with Gasteiger partial charge in [0.25, 0.3) is 0 Å². The molecule has 8 aromatic rings. The van der Waals surface area contributed by atoms with E-state index in [1.165, 1.54) is 0 Å². The molecule has 4 nitrogen and oxygen atoms in total. The van der Waals surface area contributed by atoms with E-state index in [9.17, 15) is 5.26 Å². The van der Waals surface area contributed by atoms with Gasteiger partial charge < -0.3 is 9.13 Å². The van der Waals surface area contributed by atoms with E-state index in [2.05, 4.69) is 123 Å². The molecule has 0 radical (unpaired) electrons. The number of nitrogens with zero attached hydrogens (tertiary/aromatic N) is 4. The summed E-state index contributed by atoms with van der Waals surface area (Å²) in [6, 6.07) is 48.1. The fraction of sp³-hybridized carbons (Fsp3) is 0. The van der Waals surface area contributed by atoms with Crippen molar-refractivity contribution in [2.24, 2.45) is 0 Å². The van der Waals surface area contributed by atoms with Crippen LogP contribution in [0.3, 0.4) is 0 Å². The van der Waals surface area contributed by atoms with Crippen molar-refractivity contribution < 1.29 is 0 Å². The van der Waals surface area contributed by atoms with Crippen molar-refractivity contribution in [3.63, 3.8) is 0 Å². The maximum Gasteiger partial charge on any atom is 0.205 e. The van der Waals surface area contributed by atoms with E-state index in [-0.39, 0.29) is 0 Å². The number of aromatic nitrogens is 2. The Kier molecular flexibility index (Phi) is 5.22. The largest absolute Gasteiger partial charge is 0.309 e. The first-order chi connectivity index (χ1) is 20.8. The highest BCUT2D eigenvalue weighted by Crippen LogP contribution is 2.47. The average molecular weight is 535 g/mol. The summed E-state index contributed by atoms with van der Waals surface area (Å²) in [6.45, 7) is 7.87. The first-order valence-corrected chi connectivity index (χ1v) is 13.8. The van der Waals surface area contributed by atoms with Crippen LogP contribution in [-0.2, 0) is 0 Å². The van der Waals surface area contributed by atoms with Crippen LogP contribution in [0.4, 0.5) is 5.69 Å². The van der Waals surface area contributed by atoms with Crippen LogP contribution in [0, 0.1) is 17.9 Å². The van der Waals surface area contributed by atoms with Crippen molar-refractivity contribution >= 4 is 49.3 Å². The van der Waals surface area contributed by atoms with Crippen LogP contribution < -0.4 is 0 Å². The summed E-state index contributed by atoms with van der Waals surface area (Å²) in [4.78, 5) is 3.75. The monoisotopic (exact) mass is 534 g/mol. The van der Waals surface area contributed by atoms with Crippen LogP contribution in [0.1, 0.15) is 5.56 Å². The van der Waals surface area contributed by atoms with Gasteiger partial charge in [-0.15, -0.1) is 0 Å². The van der Waals surface area contributed by atoms with Crippen LogP contribution >= 0.6 is 0 Å². The molecular formula is C38H22N4. The average Bonchev–Trinajstić information content (AvgIpc) is 3.57. The lowest BCUT2D eigenvalue weighted by Crippen LogP contribution is -1.99. The molecule has 0 unspecified atom stereocenters. The minimum atomic E-state index is 0.352. The Morgan fingerprint density at radius 1 is 0.548 bits per heavy atom. The van der Waals surface area contributed by atoms with Gasteiger partial charge in [-0.25, -0.2) is 4.85 Å². The molecule has 0 bridgehead atoms. The molecule has 0 saturated heterocycles. The van der Waals surface area contributed by atoms with Crippen LogP contribution in [-0.4, -0.2) is 9.13 Å². The molecule has 42 heavy (non-hydrogen) atoms. The summed E-state index contributed by atoms with van der Waals surface area (Å²) in [5.74, 6) is 0. The van der Waals surface area contributed by atoms with Gasteiger partial charge in [0, 0.05) is 38.5 Å². The zero-order valence-corrected chi connectivity index (χ0v) is 22.5. The SMILES string of the molecule is [C-]#[N+]c1cc(-c2c3c(cc4c5ccccc5n(-c5ccccc5)c24)c2ccccc2n3-c2ccccc2)ccc1C#N. The van der Waals surface area contributed by atoms with Crippen LogP contribution in [0.2, 0.25) is 0 Å². The van der Waals surface area contributed by atoms with Crippen molar-refractivity contribution in [3.05, 3.63) is 150 Å². The molecule has 4 heteroatoms. The van der Waals surface area contributed by atoms with Crippen molar-refractivity contribution in [1.29, 1.82) is 5.26 Å². The van der Waals surface area contributed by atoms with Gasteiger partial charge in [0.2, 0.25) is 5.69 Å². The normalized spacial score (nSPS) is 11.3. The molecule has 6 aromatic carbocycles. The molecule has 0 amide bonds. The van der Waals surface area contributed by atoms with Gasteiger partial charge in [0.05, 0.1) is 40.3 Å². The second-order valence-corrected chi connectivity index (χ2v) is 10.4. The van der Waals surface area contributed by atoms with E-state index in [1.54, 1.807) is 6.07 Å². The molecule has 2 heterocycles. The Bertz CT molecular complexity index is 2280. The lowest BCUT2D eigenvalue weighted by molar-refractivity contribution is 1.17. The third-order valence-corrected chi connectivity index (χ3v) is 8.15. The van der Waals surface area contributed by atoms with Gasteiger partial charge in [0.1, 0.15) is 0 Å². The third kappa shape index (κ3) is 3.33. The highest BCUT2D eigenvalue weighted by molar-refractivity contribution is 6.26. The molecule has 0 fully saturated rings. The maximum atomic E-state index is 9.73. The number of hydrogen-bond acceptors (Lipinski definition) is 1. The van der Waals surface area contributed by atoms with E-state index >= 15 is 0 Å². The lowest BCUT2D eigenvalue weighted by atomic mass is 9.96. The lowest BCUT2D eigenvalue weighted by Gasteiger charge is -2.16. The quantitative estimate of drug-likeness (QED) is 0.208. The molecule has 194 valence electrons. The molecular weight excluding hydrogens is 512 g/mol. The van der Waals surface area contributed by atoms with E-state index < -0.39 is 0 Å². The molecule has 0 spiro atoms. The highest BCUT2D eigenvalue weighted by atomic mass is 15.0. The first-order valence-electron chi connectivity index (χ1n) is 13.8. The number of para-hydroxylation sites is 4. The van der Waals surface area contributed by atoms with Crippen molar-refractivity contribution in [1.82, 2.24) is 9.13 Å². The standard InChI is InChI=1S/C38H22N4/c1-40-33-22-25(20-21-26(33)24-39)36-37-31(29-16-8-10-18-34(29)41(37)27-12-4-2-5-13-27)23-32-30-17-9-11-19-35(30)42(38(32)36)28-14-6-3-7-15-28/h2-23H. The molecule has 0 N–H and O–H groups in total. The molecule has 0 aliphatic heterocycles. The van der Waals surface area contributed by atoms with Gasteiger partial charge in [-0.3, -0.25) is 0 Å². The van der Waals surface area contributed by atoms with Crippen molar-refractivity contribution in [3.8, 4) is 28.6 Å². The minimum Gasteiger partial charge on any atom is -0.309 e. The minimum absolute atomic E-state index is 0.352. The van der Waals surface area contributed by atoms with Gasteiger partial charge in [0.15, 0.2) is 0 Å². The maximum absolute atomic E-state index is 9.73. The summed E-state index contributed by atoms with van der Waals surface area (Å²) in [7, 11) is 0. The predicted octanol–water partition coefficient (Wildman–Crippen LogP) is 9.97. The summed E-state index contributed by atoms with van der Waals surface area (Å²) >= 11 is 0. The van der Waals surface area contributed by atoms with E-state index in [1.807, 2.05) is 24.3 Å². The fourth-order valence-electron chi connectivity index (χ4n) is 6.41. The number of benzene rings is 6. The summed E-state index contributed by atoms with van der Waals surface area (Å²) in [5, 5.41) is 14.3. The smallest absolute Gasteiger partial charge is 0.205 e. The van der Waals surface area contributed by atoms with Crippen LogP contribution in [0.25, 0.3) is 71.0 Å². The second kappa shape index (κ2) is 9.24. The zero-order valence-electron chi connectivity index (χ0n) is 22.5. The number of nitriles is 1. The molecule has 0 aliphatic carbocycles. The van der Waals surface area contributed by atoms with Crippen molar-refractivity contribution in [2.45, 2.75) is 0 Å². The fourth-order valence-corrected chi connectivity index (χ4v) is 6.41. The number of fused-ring (bicyclic) bond motifs is 6. The van der Waals surface area contributed by atoms with E-state index in [0.717, 1.165) is 66.1 Å². The Morgan fingerprint density at radius 2 is 1.05 bits per heavy atom. The Balaban J connectivity index is 1.70. The third-order valence-electron chi connectivity index (χ3n) is 8.15. The Morgan fingerprint density at radius 3 is 1.55 bits per heavy atom. The summed E-state index contributed by atoms with van der Waals surface area (Å²) in [6.07, 6.45) is 0. The van der Waals surface area contributed by atoms with E-state index in [0.29, 0.717) is 11.3 Å². The molecule has 0 saturated carbocycles. The van der Waals surface area contributed by atoms with E-state index in [4.69, 9.17) is 6.57 Å². The highest BCUT2D eigenvalue weighted by Gasteiger charge is 2.24. The molecule has 0 atom stereocenters. The summed E-state index contributed by atoms with van der Waals surface area (Å²) < 4.78 is 4.67. The van der Waals surface area contributed by atoms with Gasteiger partial charge in [-0.1, -0.05) is 84.9 Å². The zero-order chi connectivity index (χ0) is 28.2. The second-order valence-electron chi connectivity index (χ2n) is 10.4. The van der Waals surface area contributed by atoms with Gasteiger partial charge >= 0.3 is 0 Å². The number of hydrogen-bond donors (Lipinski definition) is 0. The Labute approximate surface area is 242 Å². The topological polar surface area (TPSA) is 38.0 Å².